The van der Waals surface area contributed by atoms with Gasteiger partial charge in [0.2, 0.25) is 0 Å². The zero-order chi connectivity index (χ0) is 14.5. The van der Waals surface area contributed by atoms with Gasteiger partial charge in [0.05, 0.1) is 12.2 Å². The van der Waals surface area contributed by atoms with Crippen LogP contribution in [0, 0.1) is 0 Å². The van der Waals surface area contributed by atoms with Crippen LogP contribution in [0.1, 0.15) is 31.2 Å². The number of rotatable bonds is 4. The van der Waals surface area contributed by atoms with Gasteiger partial charge in [-0.2, -0.15) is 11.8 Å². The average molecular weight is 307 g/mol. The molecule has 0 aliphatic carbocycles. The lowest BCUT2D eigenvalue weighted by atomic mass is 9.85. The molecule has 2 heterocycles. The number of ether oxygens (including phenoxy) is 2. The zero-order valence-corrected chi connectivity index (χ0v) is 13.6. The van der Waals surface area contributed by atoms with E-state index in [4.69, 9.17) is 9.47 Å². The summed E-state index contributed by atoms with van der Waals surface area (Å²) in [6, 6.07) is 8.97. The molecule has 3 rings (SSSR count). The normalized spacial score (nSPS) is 24.9. The maximum Gasteiger partial charge on any atom is 0.0733 e. The lowest BCUT2D eigenvalue weighted by molar-refractivity contribution is -0.0865. The number of thioether (sulfide) groups is 1. The first-order valence-corrected chi connectivity index (χ1v) is 9.02. The quantitative estimate of drug-likeness (QED) is 0.919. The predicted octanol–water partition coefficient (Wildman–Crippen LogP) is 3.69. The minimum atomic E-state index is 0.136. The van der Waals surface area contributed by atoms with Crippen molar-refractivity contribution in [1.29, 1.82) is 0 Å². The Morgan fingerprint density at radius 2 is 2.14 bits per heavy atom. The summed E-state index contributed by atoms with van der Waals surface area (Å²) in [5, 5.41) is 3.74. The van der Waals surface area contributed by atoms with Gasteiger partial charge in [0.15, 0.2) is 0 Å². The molecule has 0 saturated carbocycles. The van der Waals surface area contributed by atoms with Crippen molar-refractivity contribution in [3.05, 3.63) is 29.8 Å². The second-order valence-corrected chi connectivity index (χ2v) is 7.29. The Bertz CT molecular complexity index is 454. The number of methoxy groups -OCH3 is 1. The van der Waals surface area contributed by atoms with Crippen molar-refractivity contribution < 1.29 is 9.47 Å². The van der Waals surface area contributed by atoms with Crippen molar-refractivity contribution in [3.8, 4) is 0 Å². The Labute approximate surface area is 131 Å². The van der Waals surface area contributed by atoms with Gasteiger partial charge in [-0.3, -0.25) is 0 Å². The number of hydrogen-bond donors (Lipinski definition) is 1. The van der Waals surface area contributed by atoms with Crippen LogP contribution in [-0.2, 0) is 16.1 Å². The maximum atomic E-state index is 6.17. The highest BCUT2D eigenvalue weighted by Crippen LogP contribution is 2.38. The van der Waals surface area contributed by atoms with Crippen LogP contribution in [0.3, 0.4) is 0 Å². The van der Waals surface area contributed by atoms with E-state index >= 15 is 0 Å². The molecule has 3 nitrogen and oxygen atoms in total. The second kappa shape index (κ2) is 7.03. The summed E-state index contributed by atoms with van der Waals surface area (Å²) in [5.74, 6) is 2.49. The van der Waals surface area contributed by atoms with E-state index in [0.717, 1.165) is 19.4 Å². The zero-order valence-electron chi connectivity index (χ0n) is 12.8. The molecule has 1 aromatic rings. The molecule has 116 valence electrons. The van der Waals surface area contributed by atoms with Gasteiger partial charge in [-0.15, -0.1) is 0 Å². The minimum absolute atomic E-state index is 0.136. The fourth-order valence-corrected chi connectivity index (χ4v) is 4.64. The van der Waals surface area contributed by atoms with E-state index in [1.165, 1.54) is 35.6 Å². The molecule has 4 heteroatoms. The SMILES string of the molecule is COCc1ccccc1NC1CCOC2(CCSCC2)C1. The van der Waals surface area contributed by atoms with E-state index in [9.17, 15) is 0 Å². The number of benzene rings is 1. The van der Waals surface area contributed by atoms with Gasteiger partial charge in [0, 0.05) is 31.0 Å². The van der Waals surface area contributed by atoms with Gasteiger partial charge in [-0.1, -0.05) is 18.2 Å². The average Bonchev–Trinajstić information content (AvgIpc) is 2.50. The van der Waals surface area contributed by atoms with E-state index in [1.54, 1.807) is 7.11 Å². The maximum absolute atomic E-state index is 6.17. The first-order valence-electron chi connectivity index (χ1n) is 7.86. The van der Waals surface area contributed by atoms with Crippen LogP contribution >= 0.6 is 11.8 Å². The third-order valence-corrected chi connectivity index (χ3v) is 5.56. The Morgan fingerprint density at radius 1 is 1.33 bits per heavy atom. The standard InChI is InChI=1S/C17H25NO2S/c1-19-13-14-4-2-3-5-16(14)18-15-6-9-20-17(12-15)7-10-21-11-8-17/h2-5,15,18H,6-13H2,1H3. The number of anilines is 1. The lowest BCUT2D eigenvalue weighted by Crippen LogP contribution is -2.46. The minimum Gasteiger partial charge on any atom is -0.382 e. The molecule has 2 aliphatic rings. The molecule has 1 spiro atoms. The van der Waals surface area contributed by atoms with Crippen molar-refractivity contribution in [1.82, 2.24) is 0 Å². The highest BCUT2D eigenvalue weighted by Gasteiger charge is 2.38. The molecule has 2 fully saturated rings. The number of para-hydroxylation sites is 1. The van der Waals surface area contributed by atoms with E-state index in [-0.39, 0.29) is 5.60 Å². The highest BCUT2D eigenvalue weighted by molar-refractivity contribution is 7.99. The smallest absolute Gasteiger partial charge is 0.0733 e. The molecule has 1 N–H and O–H groups in total. The van der Waals surface area contributed by atoms with Crippen molar-refractivity contribution >= 4 is 17.4 Å². The summed E-state index contributed by atoms with van der Waals surface area (Å²) in [6.07, 6.45) is 4.64. The third-order valence-electron chi connectivity index (χ3n) is 4.57. The summed E-state index contributed by atoms with van der Waals surface area (Å²) in [4.78, 5) is 0. The molecule has 1 unspecified atom stereocenters. The summed E-state index contributed by atoms with van der Waals surface area (Å²) in [5.41, 5.74) is 2.59. The van der Waals surface area contributed by atoms with Crippen molar-refractivity contribution in [2.24, 2.45) is 0 Å². The molecular formula is C17H25NO2S. The van der Waals surface area contributed by atoms with Gasteiger partial charge in [0.1, 0.15) is 0 Å². The summed E-state index contributed by atoms with van der Waals surface area (Å²) in [6.45, 7) is 1.54. The highest BCUT2D eigenvalue weighted by atomic mass is 32.2. The van der Waals surface area contributed by atoms with Gasteiger partial charge in [-0.25, -0.2) is 0 Å². The molecule has 0 bridgehead atoms. The fourth-order valence-electron chi connectivity index (χ4n) is 3.41. The summed E-state index contributed by atoms with van der Waals surface area (Å²) >= 11 is 2.06. The van der Waals surface area contributed by atoms with Crippen LogP contribution in [0.25, 0.3) is 0 Å². The van der Waals surface area contributed by atoms with Crippen molar-refractivity contribution in [2.45, 2.75) is 43.9 Å². The molecule has 0 radical (unpaired) electrons. The molecule has 0 aromatic heterocycles. The predicted molar refractivity (Wildman–Crippen MR) is 89.0 cm³/mol. The van der Waals surface area contributed by atoms with Crippen LogP contribution in [-0.4, -0.2) is 36.9 Å². The monoisotopic (exact) mass is 307 g/mol. The van der Waals surface area contributed by atoms with E-state index in [0.29, 0.717) is 12.6 Å². The van der Waals surface area contributed by atoms with Crippen molar-refractivity contribution in [2.75, 3.05) is 30.5 Å². The Hall–Kier alpha value is -0.710. The Morgan fingerprint density at radius 3 is 2.95 bits per heavy atom. The van der Waals surface area contributed by atoms with Crippen LogP contribution in [0.4, 0.5) is 5.69 Å². The topological polar surface area (TPSA) is 30.5 Å². The van der Waals surface area contributed by atoms with Crippen LogP contribution in [0.15, 0.2) is 24.3 Å². The van der Waals surface area contributed by atoms with Gasteiger partial charge >= 0.3 is 0 Å². The van der Waals surface area contributed by atoms with E-state index in [2.05, 4.69) is 41.3 Å². The molecule has 2 saturated heterocycles. The Balaban J connectivity index is 1.67. The fraction of sp³-hybridized carbons (Fsp3) is 0.647. The lowest BCUT2D eigenvalue weighted by Gasteiger charge is -2.43. The molecule has 2 aliphatic heterocycles. The molecule has 1 atom stereocenters. The van der Waals surface area contributed by atoms with Crippen LogP contribution < -0.4 is 5.32 Å². The van der Waals surface area contributed by atoms with E-state index in [1.807, 2.05) is 0 Å². The number of nitrogens with one attached hydrogen (secondary N) is 1. The summed E-state index contributed by atoms with van der Waals surface area (Å²) < 4.78 is 11.5. The summed E-state index contributed by atoms with van der Waals surface area (Å²) in [7, 11) is 1.75. The molecular weight excluding hydrogens is 282 g/mol. The third kappa shape index (κ3) is 3.74. The molecule has 21 heavy (non-hydrogen) atoms. The molecule has 1 aromatic carbocycles. The van der Waals surface area contributed by atoms with E-state index < -0.39 is 0 Å². The first kappa shape index (κ1) is 15.2. The van der Waals surface area contributed by atoms with Crippen LogP contribution in [0.5, 0.6) is 0 Å². The van der Waals surface area contributed by atoms with Gasteiger partial charge in [-0.05, 0) is 43.3 Å². The molecule has 0 amide bonds. The van der Waals surface area contributed by atoms with Crippen LogP contribution in [0.2, 0.25) is 0 Å². The largest absolute Gasteiger partial charge is 0.382 e. The van der Waals surface area contributed by atoms with Gasteiger partial charge < -0.3 is 14.8 Å². The number of hydrogen-bond acceptors (Lipinski definition) is 4. The Kier molecular flexibility index (Phi) is 5.09. The second-order valence-electron chi connectivity index (χ2n) is 6.07. The van der Waals surface area contributed by atoms with Crippen molar-refractivity contribution in [3.63, 3.8) is 0 Å². The first-order chi connectivity index (χ1) is 10.3. The van der Waals surface area contributed by atoms with Gasteiger partial charge in [0.25, 0.3) is 0 Å².